The van der Waals surface area contributed by atoms with Crippen molar-refractivity contribution in [3.8, 4) is 0 Å². The Labute approximate surface area is 163 Å². The fraction of sp³-hybridized carbons (Fsp3) is 0.350. The minimum Gasteiger partial charge on any atom is -0.350 e. The third kappa shape index (κ3) is 3.93. The molecule has 0 saturated carbocycles. The smallest absolute Gasteiger partial charge is 0.257 e. The van der Waals surface area contributed by atoms with E-state index in [2.05, 4.69) is 5.32 Å². The van der Waals surface area contributed by atoms with Crippen molar-refractivity contribution < 1.29 is 22.0 Å². The number of halogens is 2. The molecule has 1 fully saturated rings. The quantitative estimate of drug-likeness (QED) is 0.827. The molecule has 3 rings (SSSR count). The highest BCUT2D eigenvalue weighted by molar-refractivity contribution is 7.89. The molecule has 8 heteroatoms. The van der Waals surface area contributed by atoms with Crippen molar-refractivity contribution in [2.45, 2.75) is 37.6 Å². The number of nitrogens with one attached hydrogen (secondary N) is 1. The first-order valence-electron chi connectivity index (χ1n) is 9.03. The van der Waals surface area contributed by atoms with Crippen LogP contribution >= 0.6 is 0 Å². The maximum absolute atomic E-state index is 13.8. The number of hydrogen-bond donors (Lipinski definition) is 1. The molecule has 2 aromatic carbocycles. The predicted octanol–water partition coefficient (Wildman–Crippen LogP) is 3.16. The Morgan fingerprint density at radius 2 is 1.86 bits per heavy atom. The Morgan fingerprint density at radius 1 is 1.18 bits per heavy atom. The fourth-order valence-corrected chi connectivity index (χ4v) is 5.46. The largest absolute Gasteiger partial charge is 0.350 e. The summed E-state index contributed by atoms with van der Waals surface area (Å²) in [4.78, 5) is 12.5. The van der Waals surface area contributed by atoms with Crippen molar-refractivity contribution in [2.75, 3.05) is 13.1 Å². The summed E-state index contributed by atoms with van der Waals surface area (Å²) >= 11 is 0. The zero-order valence-corrected chi connectivity index (χ0v) is 16.5. The van der Waals surface area contributed by atoms with Crippen LogP contribution in [0.1, 0.15) is 34.3 Å². The van der Waals surface area contributed by atoms with E-state index in [-0.39, 0.29) is 11.4 Å². The number of rotatable bonds is 5. The van der Waals surface area contributed by atoms with Crippen LogP contribution in [0.3, 0.4) is 0 Å². The molecule has 0 radical (unpaired) electrons. The molecule has 0 bridgehead atoms. The summed E-state index contributed by atoms with van der Waals surface area (Å²) in [6.45, 7) is 3.88. The Bertz CT molecular complexity index is 988. The summed E-state index contributed by atoms with van der Waals surface area (Å²) in [5.74, 6) is -2.81. The average Bonchev–Trinajstić information content (AvgIpc) is 3.11. The van der Waals surface area contributed by atoms with Crippen molar-refractivity contribution in [3.05, 3.63) is 64.7 Å². The molecule has 1 aliphatic heterocycles. The first-order chi connectivity index (χ1) is 13.2. The molecule has 150 valence electrons. The van der Waals surface area contributed by atoms with E-state index in [1.807, 2.05) is 13.0 Å². The molecule has 0 spiro atoms. The van der Waals surface area contributed by atoms with Crippen LogP contribution in [-0.4, -0.2) is 37.8 Å². The summed E-state index contributed by atoms with van der Waals surface area (Å²) in [6.07, 6.45) is 1.21. The Morgan fingerprint density at radius 3 is 2.54 bits per heavy atom. The van der Waals surface area contributed by atoms with E-state index in [0.717, 1.165) is 17.7 Å². The summed E-state index contributed by atoms with van der Waals surface area (Å²) in [6, 6.07) is 7.96. The van der Waals surface area contributed by atoms with Gasteiger partial charge in [0.2, 0.25) is 10.0 Å². The fourth-order valence-electron chi connectivity index (χ4n) is 3.45. The Balaban J connectivity index is 1.78. The number of sulfonamides is 1. The lowest BCUT2D eigenvalue weighted by Gasteiger charge is -2.25. The zero-order valence-electron chi connectivity index (χ0n) is 15.7. The summed E-state index contributed by atoms with van der Waals surface area (Å²) < 4.78 is 55.2. The molecule has 1 aliphatic rings. The van der Waals surface area contributed by atoms with Crippen LogP contribution in [0.5, 0.6) is 0 Å². The molecule has 1 amide bonds. The lowest BCUT2D eigenvalue weighted by atomic mass is 10.1. The van der Waals surface area contributed by atoms with Crippen molar-refractivity contribution in [3.63, 3.8) is 0 Å². The van der Waals surface area contributed by atoms with Gasteiger partial charge in [0.25, 0.3) is 5.91 Å². The molecule has 1 heterocycles. The second-order valence-electron chi connectivity index (χ2n) is 6.99. The van der Waals surface area contributed by atoms with E-state index in [1.165, 1.54) is 10.4 Å². The van der Waals surface area contributed by atoms with Gasteiger partial charge in [-0.25, -0.2) is 17.2 Å². The molecule has 2 aromatic rings. The van der Waals surface area contributed by atoms with Gasteiger partial charge in [-0.2, -0.15) is 4.31 Å². The van der Waals surface area contributed by atoms with Gasteiger partial charge in [0.15, 0.2) is 0 Å². The van der Waals surface area contributed by atoms with Gasteiger partial charge in [0.1, 0.15) is 17.2 Å². The number of hydrogen-bond acceptors (Lipinski definition) is 3. The van der Waals surface area contributed by atoms with Crippen LogP contribution in [-0.2, 0) is 10.0 Å². The topological polar surface area (TPSA) is 66.5 Å². The molecular weight excluding hydrogens is 386 g/mol. The Kier molecular flexibility index (Phi) is 5.81. The van der Waals surface area contributed by atoms with Gasteiger partial charge in [0.05, 0.1) is 4.90 Å². The van der Waals surface area contributed by atoms with E-state index in [4.69, 9.17) is 0 Å². The highest BCUT2D eigenvalue weighted by atomic mass is 32.2. The summed E-state index contributed by atoms with van der Waals surface area (Å²) in [5.41, 5.74) is 0.821. The number of benzene rings is 2. The van der Waals surface area contributed by atoms with Gasteiger partial charge in [-0.05, 0) is 56.0 Å². The van der Waals surface area contributed by atoms with Crippen LogP contribution in [0, 0.1) is 25.5 Å². The molecule has 0 aliphatic carbocycles. The lowest BCUT2D eigenvalue weighted by Crippen LogP contribution is -2.43. The second kappa shape index (κ2) is 7.97. The number of carbonyl (C=O) groups excluding carboxylic acids is 1. The monoisotopic (exact) mass is 408 g/mol. The second-order valence-corrected chi connectivity index (χ2v) is 8.85. The van der Waals surface area contributed by atoms with E-state index >= 15 is 0 Å². The van der Waals surface area contributed by atoms with Crippen LogP contribution in [0.15, 0.2) is 41.3 Å². The van der Waals surface area contributed by atoms with Gasteiger partial charge >= 0.3 is 0 Å². The molecular formula is C20H22F2N2O3S. The number of amides is 1. The number of nitrogens with zero attached hydrogens (tertiary/aromatic N) is 1. The van der Waals surface area contributed by atoms with Gasteiger partial charge in [-0.3, -0.25) is 4.79 Å². The molecule has 0 aromatic heterocycles. The Hall–Kier alpha value is -2.32. The van der Waals surface area contributed by atoms with E-state index < -0.39 is 39.2 Å². The third-order valence-electron chi connectivity index (χ3n) is 4.94. The van der Waals surface area contributed by atoms with Gasteiger partial charge < -0.3 is 5.32 Å². The standard InChI is InChI=1S/C20H22F2N2O3S/c1-13-8-9-14(2)18(11-13)28(26,27)24-10-4-5-15(24)12-23-20(25)19-16(21)6-3-7-17(19)22/h3,6-9,11,15H,4-5,10,12H2,1-2H3,(H,23,25)/t15-/m1/s1. The highest BCUT2D eigenvalue weighted by Gasteiger charge is 2.36. The SMILES string of the molecule is Cc1ccc(C)c(S(=O)(=O)N2CCC[C@@H]2CNC(=O)c2c(F)cccc2F)c1. The normalized spacial score (nSPS) is 17.6. The van der Waals surface area contributed by atoms with Gasteiger partial charge in [-0.15, -0.1) is 0 Å². The maximum Gasteiger partial charge on any atom is 0.257 e. The first kappa shape index (κ1) is 20.4. The molecule has 1 N–H and O–H groups in total. The molecule has 0 unspecified atom stereocenters. The minimum atomic E-state index is -3.74. The van der Waals surface area contributed by atoms with Crippen molar-refractivity contribution in [1.82, 2.24) is 9.62 Å². The van der Waals surface area contributed by atoms with Crippen molar-refractivity contribution in [1.29, 1.82) is 0 Å². The van der Waals surface area contributed by atoms with Gasteiger partial charge in [0, 0.05) is 19.1 Å². The van der Waals surface area contributed by atoms with Crippen LogP contribution < -0.4 is 5.32 Å². The predicted molar refractivity (Wildman–Crippen MR) is 102 cm³/mol. The van der Waals surface area contributed by atoms with E-state index in [9.17, 15) is 22.0 Å². The van der Waals surface area contributed by atoms with Crippen molar-refractivity contribution in [2.24, 2.45) is 0 Å². The lowest BCUT2D eigenvalue weighted by molar-refractivity contribution is 0.0938. The third-order valence-corrected chi connectivity index (χ3v) is 7.04. The highest BCUT2D eigenvalue weighted by Crippen LogP contribution is 2.28. The summed E-state index contributed by atoms with van der Waals surface area (Å²) in [5, 5.41) is 2.48. The average molecular weight is 408 g/mol. The molecule has 28 heavy (non-hydrogen) atoms. The molecule has 1 atom stereocenters. The van der Waals surface area contributed by atoms with Crippen LogP contribution in [0.4, 0.5) is 8.78 Å². The van der Waals surface area contributed by atoms with E-state index in [1.54, 1.807) is 19.1 Å². The summed E-state index contributed by atoms with van der Waals surface area (Å²) in [7, 11) is -3.74. The number of carbonyl (C=O) groups is 1. The molecule has 1 saturated heterocycles. The maximum atomic E-state index is 13.8. The molecule has 5 nitrogen and oxygen atoms in total. The van der Waals surface area contributed by atoms with Crippen LogP contribution in [0.25, 0.3) is 0 Å². The van der Waals surface area contributed by atoms with Gasteiger partial charge in [-0.1, -0.05) is 18.2 Å². The first-order valence-corrected chi connectivity index (χ1v) is 10.5. The van der Waals surface area contributed by atoms with Crippen LogP contribution in [0.2, 0.25) is 0 Å². The number of aryl methyl sites for hydroxylation is 2. The zero-order chi connectivity index (χ0) is 20.5. The minimum absolute atomic E-state index is 0.0172. The van der Waals surface area contributed by atoms with Crippen molar-refractivity contribution >= 4 is 15.9 Å². The van der Waals surface area contributed by atoms with E-state index in [0.29, 0.717) is 24.9 Å².